The molecule has 1 radical (unpaired) electrons. The van der Waals surface area contributed by atoms with Gasteiger partial charge in [0.2, 0.25) is 0 Å². The van der Waals surface area contributed by atoms with Gasteiger partial charge < -0.3 is 10.2 Å². The molecule has 1 aromatic rings. The number of carbonyl (C=O) groups is 2. The first-order valence-corrected chi connectivity index (χ1v) is 3.18. The van der Waals surface area contributed by atoms with Gasteiger partial charge in [-0.25, -0.2) is 9.59 Å². The van der Waals surface area contributed by atoms with Crippen molar-refractivity contribution >= 4 is 11.9 Å². The van der Waals surface area contributed by atoms with Crippen molar-refractivity contribution in [3.63, 3.8) is 0 Å². The Morgan fingerprint density at radius 3 is 1.46 bits per heavy atom. The van der Waals surface area contributed by atoms with Crippen LogP contribution < -0.4 is 0 Å². The Bertz CT molecular complexity index is 302. The van der Waals surface area contributed by atoms with E-state index < -0.39 is 11.9 Å². The first kappa shape index (κ1) is 11.7. The number of benzene rings is 1. The molecule has 1 rings (SSSR count). The van der Waals surface area contributed by atoms with Gasteiger partial charge in [-0.3, -0.25) is 0 Å². The van der Waals surface area contributed by atoms with Gasteiger partial charge in [0.1, 0.15) is 0 Å². The quantitative estimate of drug-likeness (QED) is 0.732. The van der Waals surface area contributed by atoms with Crippen molar-refractivity contribution in [2.75, 3.05) is 0 Å². The predicted octanol–water partition coefficient (Wildman–Crippen LogP) is 1.08. The molecule has 0 aromatic heterocycles. The van der Waals surface area contributed by atoms with Crippen LogP contribution in [0.5, 0.6) is 0 Å². The van der Waals surface area contributed by atoms with Crippen LogP contribution >= 0.6 is 0 Å². The summed E-state index contributed by atoms with van der Waals surface area (Å²) in [5, 5.41) is 17.1. The van der Waals surface area contributed by atoms with Crippen LogP contribution in [0.2, 0.25) is 0 Å². The van der Waals surface area contributed by atoms with Crippen LogP contribution in [0.3, 0.4) is 0 Å². The Morgan fingerprint density at radius 1 is 0.923 bits per heavy atom. The van der Waals surface area contributed by atoms with Gasteiger partial charge in [0, 0.05) is 17.1 Å². The average molecular weight is 221 g/mol. The molecule has 0 unspecified atom stereocenters. The van der Waals surface area contributed by atoms with Crippen molar-refractivity contribution in [1.82, 2.24) is 0 Å². The molecule has 0 atom stereocenters. The minimum absolute atomic E-state index is 0. The summed E-state index contributed by atoms with van der Waals surface area (Å²) < 4.78 is 0. The SMILES string of the molecule is O=C(O)c1ccccc1C(=O)O.[Mn]. The molecular weight excluding hydrogens is 215 g/mol. The van der Waals surface area contributed by atoms with E-state index in [0.29, 0.717) is 0 Å². The number of aromatic carboxylic acids is 2. The van der Waals surface area contributed by atoms with Gasteiger partial charge in [0.25, 0.3) is 0 Å². The second-order valence-electron chi connectivity index (χ2n) is 2.16. The Morgan fingerprint density at radius 2 is 1.23 bits per heavy atom. The second kappa shape index (κ2) is 4.64. The molecular formula is C8H6MnO4. The van der Waals surface area contributed by atoms with Crippen molar-refractivity contribution in [3.05, 3.63) is 35.4 Å². The van der Waals surface area contributed by atoms with Gasteiger partial charge >= 0.3 is 11.9 Å². The Balaban J connectivity index is 0.00000144. The summed E-state index contributed by atoms with van der Waals surface area (Å²) in [6, 6.07) is 5.48. The molecule has 0 fully saturated rings. The van der Waals surface area contributed by atoms with Crippen LogP contribution in [0.15, 0.2) is 24.3 Å². The summed E-state index contributed by atoms with van der Waals surface area (Å²) in [5.41, 5.74) is -0.380. The van der Waals surface area contributed by atoms with Crippen molar-refractivity contribution in [1.29, 1.82) is 0 Å². The van der Waals surface area contributed by atoms with Gasteiger partial charge in [-0.15, -0.1) is 0 Å². The first-order chi connectivity index (χ1) is 5.63. The third-order valence-corrected chi connectivity index (χ3v) is 1.39. The molecule has 4 nitrogen and oxygen atoms in total. The summed E-state index contributed by atoms with van der Waals surface area (Å²) in [4.78, 5) is 20.9. The Kier molecular flexibility index (Phi) is 4.17. The molecule has 2 N–H and O–H groups in total. The molecule has 5 heteroatoms. The van der Waals surface area contributed by atoms with E-state index in [9.17, 15) is 9.59 Å². The molecule has 0 saturated heterocycles. The molecule has 0 spiro atoms. The minimum Gasteiger partial charge on any atom is -0.478 e. The topological polar surface area (TPSA) is 74.6 Å². The fourth-order valence-corrected chi connectivity index (χ4v) is 0.856. The van der Waals surface area contributed by atoms with Crippen LogP contribution in [-0.2, 0) is 17.1 Å². The molecule has 1 aromatic carbocycles. The van der Waals surface area contributed by atoms with E-state index >= 15 is 0 Å². The van der Waals surface area contributed by atoms with Crippen LogP contribution in [0, 0.1) is 0 Å². The van der Waals surface area contributed by atoms with Gasteiger partial charge in [0.15, 0.2) is 0 Å². The Hall–Kier alpha value is -1.32. The molecule has 0 amide bonds. The van der Waals surface area contributed by atoms with Crippen LogP contribution in [0.1, 0.15) is 20.7 Å². The normalized spacial score (nSPS) is 8.62. The molecule has 0 bridgehead atoms. The fourth-order valence-electron chi connectivity index (χ4n) is 0.856. The summed E-state index contributed by atoms with van der Waals surface area (Å²) in [5.74, 6) is -2.46. The van der Waals surface area contributed by atoms with Crippen LogP contribution in [0.25, 0.3) is 0 Å². The van der Waals surface area contributed by atoms with E-state index in [2.05, 4.69) is 0 Å². The smallest absolute Gasteiger partial charge is 0.336 e. The number of carboxylic acid groups (broad SMARTS) is 2. The van der Waals surface area contributed by atoms with E-state index in [4.69, 9.17) is 10.2 Å². The number of hydrogen-bond acceptors (Lipinski definition) is 2. The second-order valence-corrected chi connectivity index (χ2v) is 2.16. The number of rotatable bonds is 2. The van der Waals surface area contributed by atoms with E-state index in [1.54, 1.807) is 0 Å². The van der Waals surface area contributed by atoms with Crippen molar-refractivity contribution in [2.24, 2.45) is 0 Å². The zero-order valence-corrected chi connectivity index (χ0v) is 7.58. The standard InChI is InChI=1S/C8H6O4.Mn/c9-7(10)5-3-1-2-4-6(5)8(11)12;/h1-4H,(H,9,10)(H,11,12);. The zero-order valence-electron chi connectivity index (χ0n) is 6.40. The monoisotopic (exact) mass is 221 g/mol. The van der Waals surface area contributed by atoms with E-state index in [0.717, 1.165) is 0 Å². The maximum atomic E-state index is 10.5. The maximum Gasteiger partial charge on any atom is 0.336 e. The maximum absolute atomic E-state index is 10.5. The summed E-state index contributed by atoms with van der Waals surface area (Å²) >= 11 is 0. The third kappa shape index (κ3) is 2.57. The molecule has 0 aliphatic heterocycles. The third-order valence-electron chi connectivity index (χ3n) is 1.39. The molecule has 0 heterocycles. The van der Waals surface area contributed by atoms with Crippen molar-refractivity contribution < 1.29 is 36.9 Å². The zero-order chi connectivity index (χ0) is 9.14. The van der Waals surface area contributed by atoms with E-state index in [-0.39, 0.29) is 28.2 Å². The number of hydrogen-bond donors (Lipinski definition) is 2. The van der Waals surface area contributed by atoms with Crippen molar-refractivity contribution in [2.45, 2.75) is 0 Å². The van der Waals surface area contributed by atoms with Gasteiger partial charge in [-0.05, 0) is 12.1 Å². The molecule has 0 saturated carbocycles. The number of carboxylic acids is 2. The minimum atomic E-state index is -1.23. The first-order valence-electron chi connectivity index (χ1n) is 3.18. The summed E-state index contributed by atoms with van der Waals surface area (Å²) in [6.07, 6.45) is 0. The summed E-state index contributed by atoms with van der Waals surface area (Å²) in [7, 11) is 0. The Labute approximate surface area is 84.7 Å². The molecule has 0 aliphatic carbocycles. The van der Waals surface area contributed by atoms with Gasteiger partial charge in [0.05, 0.1) is 11.1 Å². The summed E-state index contributed by atoms with van der Waals surface area (Å²) in [6.45, 7) is 0. The van der Waals surface area contributed by atoms with Crippen LogP contribution in [-0.4, -0.2) is 22.2 Å². The molecule has 69 valence electrons. The molecule has 13 heavy (non-hydrogen) atoms. The fraction of sp³-hybridized carbons (Fsp3) is 0. The van der Waals surface area contributed by atoms with Gasteiger partial charge in [-0.1, -0.05) is 12.1 Å². The largest absolute Gasteiger partial charge is 0.478 e. The molecule has 0 aliphatic rings. The van der Waals surface area contributed by atoms with Gasteiger partial charge in [-0.2, -0.15) is 0 Å². The van der Waals surface area contributed by atoms with E-state index in [1.165, 1.54) is 24.3 Å². The average Bonchev–Trinajstić information content (AvgIpc) is 2.04. The van der Waals surface area contributed by atoms with Crippen LogP contribution in [0.4, 0.5) is 0 Å². The van der Waals surface area contributed by atoms with Crippen molar-refractivity contribution in [3.8, 4) is 0 Å². The van der Waals surface area contributed by atoms with E-state index in [1.807, 2.05) is 0 Å². The predicted molar refractivity (Wildman–Crippen MR) is 40.4 cm³/mol.